The van der Waals surface area contributed by atoms with E-state index < -0.39 is 0 Å². The van der Waals surface area contributed by atoms with Crippen LogP contribution in [-0.4, -0.2) is 36.1 Å². The van der Waals surface area contributed by atoms with Gasteiger partial charge in [-0.15, -0.1) is 0 Å². The Morgan fingerprint density at radius 1 is 1.05 bits per heavy atom. The van der Waals surface area contributed by atoms with E-state index in [9.17, 15) is 0 Å². The van der Waals surface area contributed by atoms with E-state index in [1.165, 1.54) is 71.0 Å². The van der Waals surface area contributed by atoms with Crippen LogP contribution in [0.4, 0.5) is 0 Å². The molecule has 1 aliphatic rings. The summed E-state index contributed by atoms with van der Waals surface area (Å²) in [6.07, 6.45) is 10.9. The summed E-state index contributed by atoms with van der Waals surface area (Å²) in [6.45, 7) is 13.0. The van der Waals surface area contributed by atoms with Crippen LogP contribution in [0.15, 0.2) is 0 Å². The maximum atomic E-state index is 3.78. The lowest BCUT2D eigenvalue weighted by Crippen LogP contribution is -2.62. The number of nitrogens with one attached hydrogen (secondary N) is 1. The smallest absolute Gasteiger partial charge is 0.0278 e. The molecule has 2 atom stereocenters. The summed E-state index contributed by atoms with van der Waals surface area (Å²) >= 11 is 0. The van der Waals surface area contributed by atoms with Crippen molar-refractivity contribution in [3.8, 4) is 0 Å². The van der Waals surface area contributed by atoms with Crippen LogP contribution in [0, 0.1) is 0 Å². The summed E-state index contributed by atoms with van der Waals surface area (Å²) in [6, 6.07) is 0.774. The second-order valence-electron chi connectivity index (χ2n) is 6.62. The van der Waals surface area contributed by atoms with Gasteiger partial charge in [-0.3, -0.25) is 4.90 Å². The first-order valence-electron chi connectivity index (χ1n) is 8.64. The highest BCUT2D eigenvalue weighted by atomic mass is 15.2. The number of hydrogen-bond acceptors (Lipinski definition) is 2. The first-order chi connectivity index (χ1) is 9.15. The van der Waals surface area contributed by atoms with Crippen molar-refractivity contribution in [1.82, 2.24) is 10.2 Å². The number of piperazine rings is 1. The van der Waals surface area contributed by atoms with Crippen LogP contribution >= 0.6 is 0 Å². The van der Waals surface area contributed by atoms with Crippen LogP contribution in [0.1, 0.15) is 79.1 Å². The molecule has 0 aromatic carbocycles. The van der Waals surface area contributed by atoms with Gasteiger partial charge in [0, 0.05) is 24.7 Å². The zero-order chi connectivity index (χ0) is 14.1. The Hall–Kier alpha value is -0.0800. The second-order valence-corrected chi connectivity index (χ2v) is 6.62. The fraction of sp³-hybridized carbons (Fsp3) is 1.00. The van der Waals surface area contributed by atoms with E-state index in [4.69, 9.17) is 0 Å². The largest absolute Gasteiger partial charge is 0.309 e. The van der Waals surface area contributed by atoms with Crippen molar-refractivity contribution in [3.63, 3.8) is 0 Å². The average Bonchev–Trinajstić information content (AvgIpc) is 2.42. The minimum atomic E-state index is 0.341. The van der Waals surface area contributed by atoms with Gasteiger partial charge in [-0.1, -0.05) is 52.9 Å². The van der Waals surface area contributed by atoms with Crippen molar-refractivity contribution >= 4 is 0 Å². The molecule has 0 aromatic heterocycles. The first kappa shape index (κ1) is 17.0. The molecule has 0 saturated carbocycles. The third-order valence-corrected chi connectivity index (χ3v) is 4.78. The average molecular weight is 268 g/mol. The summed E-state index contributed by atoms with van der Waals surface area (Å²) in [5.74, 6) is 0. The Labute approximate surface area is 121 Å². The highest BCUT2D eigenvalue weighted by molar-refractivity contribution is 4.94. The minimum Gasteiger partial charge on any atom is -0.309 e. The van der Waals surface area contributed by atoms with Crippen molar-refractivity contribution in [3.05, 3.63) is 0 Å². The van der Waals surface area contributed by atoms with E-state index in [0.717, 1.165) is 6.04 Å². The summed E-state index contributed by atoms with van der Waals surface area (Å²) < 4.78 is 0. The van der Waals surface area contributed by atoms with Crippen molar-refractivity contribution < 1.29 is 0 Å². The Bertz CT molecular complexity index is 229. The van der Waals surface area contributed by atoms with Crippen molar-refractivity contribution in [1.29, 1.82) is 0 Å². The lowest BCUT2D eigenvalue weighted by Gasteiger charge is -2.46. The van der Waals surface area contributed by atoms with Gasteiger partial charge in [0.2, 0.25) is 0 Å². The molecule has 1 rings (SSSR count). The molecule has 0 amide bonds. The number of rotatable bonds is 9. The molecule has 19 heavy (non-hydrogen) atoms. The molecule has 1 heterocycles. The Morgan fingerprint density at radius 2 is 1.79 bits per heavy atom. The summed E-state index contributed by atoms with van der Waals surface area (Å²) in [4.78, 5) is 2.77. The van der Waals surface area contributed by atoms with Crippen LogP contribution in [-0.2, 0) is 0 Å². The minimum absolute atomic E-state index is 0.341. The topological polar surface area (TPSA) is 15.3 Å². The Morgan fingerprint density at radius 3 is 2.42 bits per heavy atom. The van der Waals surface area contributed by atoms with E-state index in [1.807, 2.05) is 0 Å². The molecule has 114 valence electrons. The fourth-order valence-corrected chi connectivity index (χ4v) is 3.16. The molecular formula is C17H36N2. The highest BCUT2D eigenvalue weighted by Gasteiger charge is 2.33. The lowest BCUT2D eigenvalue weighted by molar-refractivity contribution is 0.0774. The molecule has 2 heteroatoms. The van der Waals surface area contributed by atoms with E-state index in [2.05, 4.69) is 37.9 Å². The third kappa shape index (κ3) is 5.83. The standard InChI is InChI=1S/C17H36N2/c1-5-8-9-10-11-13-19-15-17(4,7-3)18-14-16(19)12-6-2/h16,18H,5-15H2,1-4H3. The first-order valence-corrected chi connectivity index (χ1v) is 8.64. The molecule has 1 N–H and O–H groups in total. The second kappa shape index (κ2) is 8.97. The van der Waals surface area contributed by atoms with E-state index in [-0.39, 0.29) is 0 Å². The summed E-state index contributed by atoms with van der Waals surface area (Å²) in [5.41, 5.74) is 0.341. The van der Waals surface area contributed by atoms with Gasteiger partial charge in [-0.25, -0.2) is 0 Å². The van der Waals surface area contributed by atoms with Gasteiger partial charge in [-0.05, 0) is 32.7 Å². The number of nitrogens with zero attached hydrogens (tertiary/aromatic N) is 1. The van der Waals surface area contributed by atoms with E-state index >= 15 is 0 Å². The Kier molecular flexibility index (Phi) is 8.01. The van der Waals surface area contributed by atoms with Crippen LogP contribution in [0.2, 0.25) is 0 Å². The van der Waals surface area contributed by atoms with Gasteiger partial charge in [0.05, 0.1) is 0 Å². The van der Waals surface area contributed by atoms with E-state index in [0.29, 0.717) is 5.54 Å². The summed E-state index contributed by atoms with van der Waals surface area (Å²) in [5, 5.41) is 3.78. The SMILES string of the molecule is CCCCCCCN1CC(C)(CC)NCC1CCC. The van der Waals surface area contributed by atoms with E-state index in [1.54, 1.807) is 0 Å². The molecule has 2 nitrogen and oxygen atoms in total. The molecular weight excluding hydrogens is 232 g/mol. The van der Waals surface area contributed by atoms with Crippen LogP contribution in [0.5, 0.6) is 0 Å². The molecule has 1 aliphatic heterocycles. The molecule has 0 bridgehead atoms. The predicted molar refractivity (Wildman–Crippen MR) is 85.7 cm³/mol. The molecule has 0 spiro atoms. The summed E-state index contributed by atoms with van der Waals surface area (Å²) in [7, 11) is 0. The molecule has 0 aromatic rings. The molecule has 2 unspecified atom stereocenters. The van der Waals surface area contributed by atoms with Gasteiger partial charge >= 0.3 is 0 Å². The van der Waals surface area contributed by atoms with Gasteiger partial charge in [0.25, 0.3) is 0 Å². The van der Waals surface area contributed by atoms with Gasteiger partial charge in [-0.2, -0.15) is 0 Å². The quantitative estimate of drug-likeness (QED) is 0.631. The van der Waals surface area contributed by atoms with Crippen LogP contribution in [0.3, 0.4) is 0 Å². The Balaban J connectivity index is 2.38. The fourth-order valence-electron chi connectivity index (χ4n) is 3.16. The van der Waals surface area contributed by atoms with Crippen molar-refractivity contribution in [2.75, 3.05) is 19.6 Å². The van der Waals surface area contributed by atoms with Gasteiger partial charge < -0.3 is 5.32 Å². The number of unbranched alkanes of at least 4 members (excludes halogenated alkanes) is 4. The van der Waals surface area contributed by atoms with Gasteiger partial charge in [0.1, 0.15) is 0 Å². The predicted octanol–water partition coefficient (Wildman–Crippen LogP) is 4.20. The maximum Gasteiger partial charge on any atom is 0.0278 e. The van der Waals surface area contributed by atoms with Gasteiger partial charge in [0.15, 0.2) is 0 Å². The normalized spacial score (nSPS) is 28.7. The zero-order valence-corrected chi connectivity index (χ0v) is 13.8. The molecule has 0 aliphatic carbocycles. The monoisotopic (exact) mass is 268 g/mol. The van der Waals surface area contributed by atoms with Crippen molar-refractivity contribution in [2.24, 2.45) is 0 Å². The molecule has 1 saturated heterocycles. The maximum absolute atomic E-state index is 3.78. The third-order valence-electron chi connectivity index (χ3n) is 4.78. The molecule has 1 fully saturated rings. The van der Waals surface area contributed by atoms with Crippen LogP contribution in [0.25, 0.3) is 0 Å². The number of hydrogen-bond donors (Lipinski definition) is 1. The lowest BCUT2D eigenvalue weighted by atomic mass is 9.92. The zero-order valence-electron chi connectivity index (χ0n) is 13.8. The van der Waals surface area contributed by atoms with Crippen LogP contribution < -0.4 is 5.32 Å². The molecule has 0 radical (unpaired) electrons. The van der Waals surface area contributed by atoms with Crippen molar-refractivity contribution in [2.45, 2.75) is 90.6 Å². The highest BCUT2D eigenvalue weighted by Crippen LogP contribution is 2.21.